The molecule has 2 heteroatoms. The Balaban J connectivity index is 1.15. The van der Waals surface area contributed by atoms with Gasteiger partial charge in [-0.1, -0.05) is 142 Å². The number of fused-ring (bicyclic) bond motifs is 10. The lowest BCUT2D eigenvalue weighted by molar-refractivity contribution is 0.449. The molecule has 10 rings (SSSR count). The molecule has 1 aliphatic heterocycles. The summed E-state index contributed by atoms with van der Waals surface area (Å²) in [5.74, 6) is 2.69. The summed E-state index contributed by atoms with van der Waals surface area (Å²) in [5, 5.41) is 2.26. The van der Waals surface area contributed by atoms with Crippen molar-refractivity contribution in [2.24, 2.45) is 11.8 Å². The second kappa shape index (κ2) is 13.6. The minimum atomic E-state index is 0.0252. The second-order valence-corrected chi connectivity index (χ2v) is 17.9. The molecule has 2 heterocycles. The van der Waals surface area contributed by atoms with E-state index in [9.17, 15) is 0 Å². The maximum atomic E-state index is 5.37. The van der Waals surface area contributed by atoms with Gasteiger partial charge in [-0.3, -0.25) is 0 Å². The van der Waals surface area contributed by atoms with E-state index in [2.05, 4.69) is 174 Å². The highest BCUT2D eigenvalue weighted by atomic mass is 15.1. The summed E-state index contributed by atoms with van der Waals surface area (Å²) >= 11 is 0. The normalized spacial score (nSPS) is 25.2. The Hall–Kier alpha value is -5.47. The van der Waals surface area contributed by atoms with Gasteiger partial charge in [0.1, 0.15) is 5.82 Å². The fourth-order valence-corrected chi connectivity index (χ4v) is 11.7. The molecule has 57 heavy (non-hydrogen) atoms. The Morgan fingerprint density at radius 3 is 2.60 bits per heavy atom. The van der Waals surface area contributed by atoms with Crippen LogP contribution in [-0.4, -0.2) is 9.55 Å². The highest BCUT2D eigenvalue weighted by Crippen LogP contribution is 2.62. The van der Waals surface area contributed by atoms with Gasteiger partial charge in [-0.2, -0.15) is 0 Å². The number of allylic oxidation sites excluding steroid dienone is 12. The molecule has 0 spiro atoms. The molecule has 0 N–H and O–H groups in total. The smallest absolute Gasteiger partial charge is 0.142 e. The summed E-state index contributed by atoms with van der Waals surface area (Å²) in [6.45, 7) is 19.4. The van der Waals surface area contributed by atoms with Gasteiger partial charge in [-0.15, -0.1) is 0 Å². The number of rotatable bonds is 2. The van der Waals surface area contributed by atoms with E-state index in [0.717, 1.165) is 48.8 Å². The number of nitrogens with zero attached hydrogens (tertiary/aromatic N) is 2. The van der Waals surface area contributed by atoms with Crippen molar-refractivity contribution in [3.8, 4) is 11.4 Å². The molecule has 284 valence electrons. The molecule has 1 aromatic heterocycles. The molecule has 0 saturated carbocycles. The molecule has 0 radical (unpaired) electrons. The van der Waals surface area contributed by atoms with E-state index in [-0.39, 0.29) is 11.3 Å². The second-order valence-electron chi connectivity index (χ2n) is 17.9. The molecule has 0 bridgehead atoms. The van der Waals surface area contributed by atoms with Crippen LogP contribution in [0.25, 0.3) is 46.2 Å². The van der Waals surface area contributed by atoms with Gasteiger partial charge in [0.05, 0.1) is 11.0 Å². The van der Waals surface area contributed by atoms with Crippen LogP contribution < -0.4 is 10.4 Å². The first kappa shape index (κ1) is 35.9. The lowest BCUT2D eigenvalue weighted by Crippen LogP contribution is -2.36. The first-order chi connectivity index (χ1) is 27.7. The molecular formula is C55H54N2. The van der Waals surface area contributed by atoms with E-state index in [1.54, 1.807) is 27.8 Å². The average Bonchev–Trinajstić information content (AvgIpc) is 3.47. The van der Waals surface area contributed by atoms with Crippen LogP contribution in [0.15, 0.2) is 132 Å². The van der Waals surface area contributed by atoms with Gasteiger partial charge in [0.15, 0.2) is 0 Å². The van der Waals surface area contributed by atoms with E-state index >= 15 is 0 Å². The van der Waals surface area contributed by atoms with E-state index < -0.39 is 0 Å². The van der Waals surface area contributed by atoms with Crippen molar-refractivity contribution in [1.29, 1.82) is 0 Å². The van der Waals surface area contributed by atoms with E-state index in [4.69, 9.17) is 4.98 Å². The molecule has 0 amide bonds. The number of benzene rings is 4. The van der Waals surface area contributed by atoms with Gasteiger partial charge in [0, 0.05) is 29.4 Å². The Kier molecular flexibility index (Phi) is 8.56. The van der Waals surface area contributed by atoms with E-state index in [0.29, 0.717) is 17.8 Å². The molecule has 4 aliphatic carbocycles. The number of hydrogen-bond donors (Lipinski definition) is 0. The summed E-state index contributed by atoms with van der Waals surface area (Å²) in [4.78, 5) is 5.37. The predicted molar refractivity (Wildman–Crippen MR) is 241 cm³/mol. The summed E-state index contributed by atoms with van der Waals surface area (Å²) in [6.07, 6.45) is 23.1. The van der Waals surface area contributed by atoms with Crippen molar-refractivity contribution in [2.45, 2.75) is 91.0 Å². The standard InChI is InChI=1S/C55H54N2/c1-8-9-17-38-34(3)32-35(4)50-42(38)21-14-16-37(29-30-57-49-24-13-12-23-48(49)56-54(50)57)40-27-28-45-51(43-19-11-10-18-41(40)43)36(5)39-20-15-22-46-53(39)52(45)44-26-25-33(2)31-47(44)55(46,6)7/h8-20,22-26,29,32-33,40,45,52H,3,21,27-28,30-31H2,1-2,4-7H3/b9-8-,16-14-,37-29+,38-17+/t33?,40?,45-,52?/m1/s1. The topological polar surface area (TPSA) is 17.8 Å². The van der Waals surface area contributed by atoms with Crippen molar-refractivity contribution in [1.82, 2.24) is 9.55 Å². The van der Waals surface area contributed by atoms with Crippen LogP contribution in [0.2, 0.25) is 0 Å². The van der Waals surface area contributed by atoms with Gasteiger partial charge in [-0.05, 0) is 142 Å². The van der Waals surface area contributed by atoms with Gasteiger partial charge in [-0.25, -0.2) is 4.98 Å². The van der Waals surface area contributed by atoms with Crippen LogP contribution in [0.1, 0.15) is 105 Å². The lowest BCUT2D eigenvalue weighted by Gasteiger charge is -2.48. The Bertz CT molecular complexity index is 2820. The molecule has 3 unspecified atom stereocenters. The highest BCUT2D eigenvalue weighted by Gasteiger charge is 2.48. The molecule has 4 atom stereocenters. The number of aromatic nitrogens is 2. The quantitative estimate of drug-likeness (QED) is 0.176. The van der Waals surface area contributed by atoms with E-state index in [1.807, 2.05) is 0 Å². The largest absolute Gasteiger partial charge is 0.320 e. The van der Waals surface area contributed by atoms with Crippen LogP contribution in [0.5, 0.6) is 0 Å². The third kappa shape index (κ3) is 5.47. The summed E-state index contributed by atoms with van der Waals surface area (Å²) < 4.78 is 2.46. The van der Waals surface area contributed by atoms with Crippen LogP contribution in [0, 0.1) is 18.8 Å². The number of aryl methyl sites for hydroxylation is 1. The zero-order valence-corrected chi connectivity index (χ0v) is 34.5. The monoisotopic (exact) mass is 742 g/mol. The van der Waals surface area contributed by atoms with E-state index in [1.165, 1.54) is 55.3 Å². The van der Waals surface area contributed by atoms with Crippen LogP contribution in [-0.2, 0) is 18.4 Å². The molecule has 4 aromatic carbocycles. The molecule has 2 nitrogen and oxygen atoms in total. The highest BCUT2D eigenvalue weighted by molar-refractivity contribution is 5.97. The van der Waals surface area contributed by atoms with Crippen LogP contribution >= 0.6 is 0 Å². The summed E-state index contributed by atoms with van der Waals surface area (Å²) in [6, 6.07) is 27.5. The summed E-state index contributed by atoms with van der Waals surface area (Å²) in [5.41, 5.74) is 21.2. The SMILES string of the molecule is C=c1cc(C)c2c(/c1=C/C=C\C)C/C=C\C(C1CC[C@@H]3C(=C(C)c4cccc5c4C3C3=C(CC(C)C=C3)C5(C)C)c3ccccc31)=C/Cn1c-2nc2ccccc21. The summed E-state index contributed by atoms with van der Waals surface area (Å²) in [7, 11) is 0. The Morgan fingerprint density at radius 1 is 0.930 bits per heavy atom. The number of para-hydroxylation sites is 2. The Labute approximate surface area is 338 Å². The third-order valence-electron chi connectivity index (χ3n) is 14.3. The maximum Gasteiger partial charge on any atom is 0.142 e. The zero-order chi connectivity index (χ0) is 39.2. The molecule has 0 fully saturated rings. The van der Waals surface area contributed by atoms with Gasteiger partial charge < -0.3 is 4.57 Å². The van der Waals surface area contributed by atoms with Gasteiger partial charge >= 0.3 is 0 Å². The lowest BCUT2D eigenvalue weighted by atomic mass is 9.55. The average molecular weight is 743 g/mol. The van der Waals surface area contributed by atoms with Crippen molar-refractivity contribution < 1.29 is 0 Å². The predicted octanol–water partition coefficient (Wildman–Crippen LogP) is 12.2. The first-order valence-electron chi connectivity index (χ1n) is 21.3. The van der Waals surface area contributed by atoms with Gasteiger partial charge in [0.2, 0.25) is 0 Å². The van der Waals surface area contributed by atoms with Crippen molar-refractivity contribution >= 4 is 34.8 Å². The minimum absolute atomic E-state index is 0.0252. The molecule has 0 saturated heterocycles. The van der Waals surface area contributed by atoms with Crippen molar-refractivity contribution in [3.63, 3.8) is 0 Å². The fourth-order valence-electron chi connectivity index (χ4n) is 11.7. The maximum absolute atomic E-state index is 5.37. The van der Waals surface area contributed by atoms with Crippen molar-refractivity contribution in [2.75, 3.05) is 0 Å². The molecule has 5 aliphatic rings. The van der Waals surface area contributed by atoms with Crippen LogP contribution in [0.4, 0.5) is 0 Å². The zero-order valence-electron chi connectivity index (χ0n) is 34.5. The fraction of sp³-hybridized carbons (Fsp3) is 0.291. The molecule has 5 aromatic rings. The Morgan fingerprint density at radius 2 is 1.74 bits per heavy atom. The van der Waals surface area contributed by atoms with Crippen LogP contribution in [0.3, 0.4) is 0 Å². The number of hydrogen-bond acceptors (Lipinski definition) is 1. The third-order valence-corrected chi connectivity index (χ3v) is 14.3. The minimum Gasteiger partial charge on any atom is -0.320 e. The molecular weight excluding hydrogens is 689 g/mol. The van der Waals surface area contributed by atoms with Gasteiger partial charge in [0.25, 0.3) is 0 Å². The number of imidazole rings is 1. The van der Waals surface area contributed by atoms with Crippen molar-refractivity contribution in [3.05, 3.63) is 181 Å². The first-order valence-corrected chi connectivity index (χ1v) is 21.3.